The van der Waals surface area contributed by atoms with E-state index in [1.165, 1.54) is 0 Å². The lowest BCUT2D eigenvalue weighted by Gasteiger charge is -2.33. The zero-order valence-electron chi connectivity index (χ0n) is 12.0. The molecule has 0 bridgehead atoms. The molecule has 0 radical (unpaired) electrons. The zero-order chi connectivity index (χ0) is 14.4. The Kier molecular flexibility index (Phi) is 5.54. The standard InChI is InChI=1S/C16H22N2O2/c1-2-20-15-4-3-9-18(11-15)12-16(19)14-7-5-13(10-17)6-8-14/h5-8,15-16,19H,2-4,9,11-12H2,1H3. The van der Waals surface area contributed by atoms with Crippen LogP contribution in [-0.4, -0.2) is 42.4 Å². The Labute approximate surface area is 120 Å². The molecule has 1 N–H and O–H groups in total. The minimum absolute atomic E-state index is 0.293. The number of aliphatic hydroxyl groups is 1. The van der Waals surface area contributed by atoms with Gasteiger partial charge < -0.3 is 9.84 Å². The summed E-state index contributed by atoms with van der Waals surface area (Å²) in [6.45, 7) is 5.29. The van der Waals surface area contributed by atoms with Gasteiger partial charge >= 0.3 is 0 Å². The largest absolute Gasteiger partial charge is 0.387 e. The van der Waals surface area contributed by atoms with E-state index < -0.39 is 6.10 Å². The molecule has 1 heterocycles. The number of nitriles is 1. The summed E-state index contributed by atoms with van der Waals surface area (Å²) in [5, 5.41) is 19.1. The Balaban J connectivity index is 1.89. The molecule has 1 aromatic carbocycles. The number of β-amino-alcohol motifs (C(OH)–C–C–N with tert-alkyl or cyclic N) is 1. The van der Waals surface area contributed by atoms with Crippen molar-refractivity contribution >= 4 is 0 Å². The molecule has 0 spiro atoms. The van der Waals surface area contributed by atoms with Crippen molar-refractivity contribution in [3.8, 4) is 6.07 Å². The molecule has 1 saturated heterocycles. The van der Waals surface area contributed by atoms with E-state index in [1.54, 1.807) is 12.1 Å². The second-order valence-corrected chi connectivity index (χ2v) is 5.23. The summed E-state index contributed by atoms with van der Waals surface area (Å²) in [6, 6.07) is 9.23. The van der Waals surface area contributed by atoms with Gasteiger partial charge in [0.1, 0.15) is 0 Å². The van der Waals surface area contributed by atoms with Crippen LogP contribution in [0, 0.1) is 11.3 Å². The average molecular weight is 274 g/mol. The molecule has 1 aliphatic heterocycles. The van der Waals surface area contributed by atoms with Crippen molar-refractivity contribution in [2.24, 2.45) is 0 Å². The molecular formula is C16H22N2O2. The van der Waals surface area contributed by atoms with E-state index in [9.17, 15) is 5.11 Å². The molecule has 1 aromatic rings. The molecule has 0 aromatic heterocycles. The smallest absolute Gasteiger partial charge is 0.0991 e. The van der Waals surface area contributed by atoms with Gasteiger partial charge in [-0.2, -0.15) is 5.26 Å². The maximum Gasteiger partial charge on any atom is 0.0991 e. The normalized spacial score (nSPS) is 21.4. The average Bonchev–Trinajstić information content (AvgIpc) is 2.48. The number of hydrogen-bond donors (Lipinski definition) is 1. The summed E-state index contributed by atoms with van der Waals surface area (Å²) in [5.41, 5.74) is 1.48. The predicted octanol–water partition coefficient (Wildman–Crippen LogP) is 2.09. The number of hydrogen-bond acceptors (Lipinski definition) is 4. The molecule has 0 saturated carbocycles. The van der Waals surface area contributed by atoms with Gasteiger partial charge in [0.25, 0.3) is 0 Å². The van der Waals surface area contributed by atoms with E-state index in [1.807, 2.05) is 19.1 Å². The quantitative estimate of drug-likeness (QED) is 0.893. The van der Waals surface area contributed by atoms with Crippen molar-refractivity contribution in [1.82, 2.24) is 4.90 Å². The summed E-state index contributed by atoms with van der Waals surface area (Å²) in [5.74, 6) is 0. The van der Waals surface area contributed by atoms with Gasteiger partial charge in [0, 0.05) is 19.7 Å². The molecule has 108 valence electrons. The Morgan fingerprint density at radius 1 is 1.45 bits per heavy atom. The van der Waals surface area contributed by atoms with Crippen molar-refractivity contribution < 1.29 is 9.84 Å². The third-order valence-corrected chi connectivity index (χ3v) is 3.72. The second-order valence-electron chi connectivity index (χ2n) is 5.23. The number of benzene rings is 1. The topological polar surface area (TPSA) is 56.5 Å². The van der Waals surface area contributed by atoms with Crippen LogP contribution in [0.2, 0.25) is 0 Å². The number of ether oxygens (including phenoxy) is 1. The van der Waals surface area contributed by atoms with Gasteiger partial charge in [-0.25, -0.2) is 0 Å². The fraction of sp³-hybridized carbons (Fsp3) is 0.562. The molecule has 0 amide bonds. The van der Waals surface area contributed by atoms with Crippen LogP contribution in [0.15, 0.2) is 24.3 Å². The molecule has 2 unspecified atom stereocenters. The van der Waals surface area contributed by atoms with Crippen LogP contribution in [0.5, 0.6) is 0 Å². The maximum absolute atomic E-state index is 10.3. The summed E-state index contributed by atoms with van der Waals surface area (Å²) in [6.07, 6.45) is 2.01. The molecule has 1 fully saturated rings. The molecule has 4 nitrogen and oxygen atoms in total. The highest BCUT2D eigenvalue weighted by atomic mass is 16.5. The minimum Gasteiger partial charge on any atom is -0.387 e. The van der Waals surface area contributed by atoms with Crippen molar-refractivity contribution in [3.63, 3.8) is 0 Å². The number of likely N-dealkylation sites (tertiary alicyclic amines) is 1. The molecule has 4 heteroatoms. The van der Waals surface area contributed by atoms with E-state index >= 15 is 0 Å². The SMILES string of the molecule is CCOC1CCCN(CC(O)c2ccc(C#N)cc2)C1. The number of aliphatic hydroxyl groups excluding tert-OH is 1. The lowest BCUT2D eigenvalue weighted by atomic mass is 10.0. The van der Waals surface area contributed by atoms with Crippen molar-refractivity contribution in [1.29, 1.82) is 5.26 Å². The first kappa shape index (κ1) is 15.0. The Bertz CT molecular complexity index is 451. The van der Waals surface area contributed by atoms with Crippen molar-refractivity contribution in [2.75, 3.05) is 26.2 Å². The van der Waals surface area contributed by atoms with Crippen LogP contribution >= 0.6 is 0 Å². The van der Waals surface area contributed by atoms with Crippen LogP contribution in [0.4, 0.5) is 0 Å². The van der Waals surface area contributed by atoms with Gasteiger partial charge in [-0.3, -0.25) is 4.90 Å². The van der Waals surface area contributed by atoms with E-state index in [-0.39, 0.29) is 0 Å². The number of nitrogens with zero attached hydrogens (tertiary/aromatic N) is 2. The Morgan fingerprint density at radius 2 is 2.20 bits per heavy atom. The minimum atomic E-state index is -0.511. The third-order valence-electron chi connectivity index (χ3n) is 3.72. The first-order chi connectivity index (χ1) is 9.72. The molecular weight excluding hydrogens is 252 g/mol. The van der Waals surface area contributed by atoms with Crippen LogP contribution in [-0.2, 0) is 4.74 Å². The van der Waals surface area contributed by atoms with Gasteiger partial charge in [-0.05, 0) is 44.0 Å². The van der Waals surface area contributed by atoms with Crippen LogP contribution < -0.4 is 0 Å². The van der Waals surface area contributed by atoms with E-state index in [0.717, 1.165) is 38.1 Å². The van der Waals surface area contributed by atoms with Gasteiger partial charge in [0.15, 0.2) is 0 Å². The van der Waals surface area contributed by atoms with Crippen LogP contribution in [0.3, 0.4) is 0 Å². The van der Waals surface area contributed by atoms with Crippen LogP contribution in [0.25, 0.3) is 0 Å². The second kappa shape index (κ2) is 7.39. The maximum atomic E-state index is 10.3. The monoisotopic (exact) mass is 274 g/mol. The highest BCUT2D eigenvalue weighted by Gasteiger charge is 2.22. The highest BCUT2D eigenvalue weighted by molar-refractivity contribution is 5.32. The summed E-state index contributed by atoms with van der Waals surface area (Å²) >= 11 is 0. The molecule has 1 aliphatic rings. The van der Waals surface area contributed by atoms with Crippen LogP contribution in [0.1, 0.15) is 37.0 Å². The van der Waals surface area contributed by atoms with Gasteiger partial charge in [0.2, 0.25) is 0 Å². The first-order valence-electron chi connectivity index (χ1n) is 7.25. The van der Waals surface area contributed by atoms with Gasteiger partial charge in [-0.1, -0.05) is 12.1 Å². The number of piperidine rings is 1. The molecule has 2 rings (SSSR count). The zero-order valence-corrected chi connectivity index (χ0v) is 12.0. The summed E-state index contributed by atoms with van der Waals surface area (Å²) in [4.78, 5) is 2.26. The van der Waals surface area contributed by atoms with Gasteiger partial charge in [0.05, 0.1) is 23.8 Å². The van der Waals surface area contributed by atoms with Crippen molar-refractivity contribution in [3.05, 3.63) is 35.4 Å². The fourth-order valence-corrected chi connectivity index (χ4v) is 2.68. The number of rotatable bonds is 5. The first-order valence-corrected chi connectivity index (χ1v) is 7.25. The molecule has 0 aliphatic carbocycles. The Morgan fingerprint density at radius 3 is 2.85 bits per heavy atom. The Hall–Kier alpha value is -1.41. The third kappa shape index (κ3) is 4.04. The lowest BCUT2D eigenvalue weighted by Crippen LogP contribution is -2.41. The van der Waals surface area contributed by atoms with Crippen molar-refractivity contribution in [2.45, 2.75) is 32.0 Å². The molecule has 2 atom stereocenters. The predicted molar refractivity (Wildman–Crippen MR) is 77.2 cm³/mol. The van der Waals surface area contributed by atoms with E-state index in [4.69, 9.17) is 10.00 Å². The molecule has 20 heavy (non-hydrogen) atoms. The lowest BCUT2D eigenvalue weighted by molar-refractivity contribution is -0.00705. The van der Waals surface area contributed by atoms with Gasteiger partial charge in [-0.15, -0.1) is 0 Å². The fourth-order valence-electron chi connectivity index (χ4n) is 2.68. The van der Waals surface area contributed by atoms with E-state index in [0.29, 0.717) is 18.2 Å². The van der Waals surface area contributed by atoms with E-state index in [2.05, 4.69) is 11.0 Å². The summed E-state index contributed by atoms with van der Waals surface area (Å²) in [7, 11) is 0. The highest BCUT2D eigenvalue weighted by Crippen LogP contribution is 2.19. The summed E-state index contributed by atoms with van der Waals surface area (Å²) < 4.78 is 5.67.